The summed E-state index contributed by atoms with van der Waals surface area (Å²) in [6.07, 6.45) is -1.35. The molecule has 2 aliphatic heterocycles. The van der Waals surface area contributed by atoms with Gasteiger partial charge in [-0.2, -0.15) is 13.2 Å². The average Bonchev–Trinajstić information content (AvgIpc) is 2.89. The molecular weight excluding hydrogens is 349 g/mol. The molecule has 0 saturated carbocycles. The van der Waals surface area contributed by atoms with Crippen LogP contribution >= 0.6 is 0 Å². The van der Waals surface area contributed by atoms with Crippen LogP contribution in [0.25, 0.3) is 0 Å². The Balaban J connectivity index is 1.85. The monoisotopic (exact) mass is 370 g/mol. The third-order valence-electron chi connectivity index (χ3n) is 5.09. The number of amides is 2. The van der Waals surface area contributed by atoms with Crippen molar-refractivity contribution in [3.05, 3.63) is 29.8 Å². The summed E-state index contributed by atoms with van der Waals surface area (Å²) >= 11 is 0. The van der Waals surface area contributed by atoms with E-state index in [0.717, 1.165) is 36.3 Å². The van der Waals surface area contributed by atoms with Crippen molar-refractivity contribution in [3.8, 4) is 0 Å². The Kier molecular flexibility index (Phi) is 5.34. The van der Waals surface area contributed by atoms with Gasteiger partial charge in [-0.25, -0.2) is 4.90 Å². The molecule has 2 fully saturated rings. The first-order valence-corrected chi connectivity index (χ1v) is 8.73. The van der Waals surface area contributed by atoms with Crippen LogP contribution in [0.2, 0.25) is 0 Å². The van der Waals surface area contributed by atoms with Gasteiger partial charge in [-0.3, -0.25) is 14.5 Å². The van der Waals surface area contributed by atoms with E-state index in [1.54, 1.807) is 0 Å². The van der Waals surface area contributed by atoms with Crippen molar-refractivity contribution in [3.63, 3.8) is 0 Å². The Bertz CT molecular complexity index is 691. The molecule has 1 N–H and O–H groups in total. The lowest BCUT2D eigenvalue weighted by atomic mass is 9.97. The number of imide groups is 1. The maximum Gasteiger partial charge on any atom is 0.416 e. The number of piperidine rings is 1. The molecule has 0 aliphatic carbocycles. The summed E-state index contributed by atoms with van der Waals surface area (Å²) in [6, 6.07) is 3.62. The number of carbonyl (C=O) groups excluding carboxylic acids is 2. The summed E-state index contributed by atoms with van der Waals surface area (Å²) in [5.74, 6) is -0.980. The third kappa shape index (κ3) is 3.61. The third-order valence-corrected chi connectivity index (χ3v) is 5.09. The molecule has 8 heteroatoms. The van der Waals surface area contributed by atoms with Gasteiger partial charge < -0.3 is 5.11 Å². The summed E-state index contributed by atoms with van der Waals surface area (Å²) in [6.45, 7) is 0.637. The van der Waals surface area contributed by atoms with Crippen LogP contribution in [0.15, 0.2) is 24.3 Å². The van der Waals surface area contributed by atoms with E-state index in [1.165, 1.54) is 12.1 Å². The fraction of sp³-hybridized carbons (Fsp3) is 0.556. The second-order valence-corrected chi connectivity index (χ2v) is 6.74. The van der Waals surface area contributed by atoms with Crippen LogP contribution in [-0.4, -0.2) is 47.1 Å². The lowest BCUT2D eigenvalue weighted by Crippen LogP contribution is -2.50. The molecule has 0 radical (unpaired) electrons. The first-order valence-electron chi connectivity index (χ1n) is 8.73. The molecule has 142 valence electrons. The van der Waals surface area contributed by atoms with Crippen molar-refractivity contribution in [1.29, 1.82) is 0 Å². The van der Waals surface area contributed by atoms with Gasteiger partial charge in [0, 0.05) is 12.6 Å². The summed E-state index contributed by atoms with van der Waals surface area (Å²) in [7, 11) is 0. The number of hydrogen-bond donors (Lipinski definition) is 1. The molecule has 2 atom stereocenters. The van der Waals surface area contributed by atoms with Crippen LogP contribution in [0.3, 0.4) is 0 Å². The summed E-state index contributed by atoms with van der Waals surface area (Å²) < 4.78 is 38.8. The van der Waals surface area contributed by atoms with E-state index < -0.39 is 29.6 Å². The minimum atomic E-state index is -4.54. The van der Waals surface area contributed by atoms with Crippen molar-refractivity contribution in [2.75, 3.05) is 18.1 Å². The van der Waals surface area contributed by atoms with Crippen molar-refractivity contribution in [1.82, 2.24) is 4.90 Å². The number of anilines is 1. The molecule has 1 aromatic rings. The van der Waals surface area contributed by atoms with E-state index in [4.69, 9.17) is 0 Å². The predicted molar refractivity (Wildman–Crippen MR) is 88.4 cm³/mol. The second-order valence-electron chi connectivity index (χ2n) is 6.74. The normalized spacial score (nSPS) is 25.2. The minimum Gasteiger partial charge on any atom is -0.396 e. The van der Waals surface area contributed by atoms with Crippen molar-refractivity contribution in [2.24, 2.45) is 0 Å². The van der Waals surface area contributed by atoms with Crippen molar-refractivity contribution < 1.29 is 27.9 Å². The molecule has 2 amide bonds. The number of nitrogens with zero attached hydrogens (tertiary/aromatic N) is 2. The highest BCUT2D eigenvalue weighted by Crippen LogP contribution is 2.34. The summed E-state index contributed by atoms with van der Waals surface area (Å²) in [4.78, 5) is 28.1. The maximum atomic E-state index is 12.9. The van der Waals surface area contributed by atoms with E-state index in [0.29, 0.717) is 13.0 Å². The van der Waals surface area contributed by atoms with Gasteiger partial charge in [0.25, 0.3) is 5.91 Å². The van der Waals surface area contributed by atoms with E-state index in [2.05, 4.69) is 0 Å². The smallest absolute Gasteiger partial charge is 0.396 e. The number of aliphatic hydroxyl groups excluding tert-OH is 1. The van der Waals surface area contributed by atoms with Gasteiger partial charge in [-0.15, -0.1) is 0 Å². The summed E-state index contributed by atoms with van der Waals surface area (Å²) in [5.41, 5.74) is -0.941. The van der Waals surface area contributed by atoms with Gasteiger partial charge in [0.2, 0.25) is 5.91 Å². The van der Waals surface area contributed by atoms with Gasteiger partial charge in [0.05, 0.1) is 23.7 Å². The SMILES string of the molecule is O=C1C[C@@H](N2CCCC[C@@H]2CCO)C(=O)N1c1cccc(C(F)(F)F)c1. The Morgan fingerprint density at radius 2 is 1.96 bits per heavy atom. The molecule has 2 heterocycles. The van der Waals surface area contributed by atoms with Crippen LogP contribution in [0.1, 0.15) is 37.7 Å². The zero-order chi connectivity index (χ0) is 18.9. The summed E-state index contributed by atoms with van der Waals surface area (Å²) in [5, 5.41) is 9.24. The zero-order valence-corrected chi connectivity index (χ0v) is 14.2. The number of carbonyl (C=O) groups is 2. The molecule has 5 nitrogen and oxygen atoms in total. The number of likely N-dealkylation sites (tertiary alicyclic amines) is 1. The Morgan fingerprint density at radius 3 is 2.65 bits per heavy atom. The molecule has 1 aromatic carbocycles. The second kappa shape index (κ2) is 7.36. The van der Waals surface area contributed by atoms with E-state index in [-0.39, 0.29) is 24.8 Å². The quantitative estimate of drug-likeness (QED) is 0.828. The highest BCUT2D eigenvalue weighted by atomic mass is 19.4. The lowest BCUT2D eigenvalue weighted by molar-refractivity contribution is -0.137. The Hall–Kier alpha value is -1.93. The van der Waals surface area contributed by atoms with Crippen LogP contribution < -0.4 is 4.90 Å². The average molecular weight is 370 g/mol. The first-order chi connectivity index (χ1) is 12.3. The topological polar surface area (TPSA) is 60.9 Å². The number of alkyl halides is 3. The fourth-order valence-electron chi connectivity index (χ4n) is 3.86. The highest BCUT2D eigenvalue weighted by molar-refractivity contribution is 6.22. The molecule has 0 aromatic heterocycles. The maximum absolute atomic E-state index is 12.9. The van der Waals surface area contributed by atoms with Gasteiger partial charge in [-0.05, 0) is 44.0 Å². The Labute approximate surface area is 149 Å². The van der Waals surface area contributed by atoms with E-state index in [1.807, 2.05) is 4.90 Å². The molecule has 0 spiro atoms. The molecule has 0 bridgehead atoms. The molecule has 2 aliphatic rings. The van der Waals surface area contributed by atoms with Crippen LogP contribution in [-0.2, 0) is 15.8 Å². The standard InChI is InChI=1S/C18H21F3N2O3/c19-18(20,21)12-4-3-6-14(10-12)23-16(25)11-15(17(23)26)22-8-2-1-5-13(22)7-9-24/h3-4,6,10,13,15,24H,1-2,5,7-9,11H2/t13-,15-/m1/s1. The number of benzene rings is 1. The van der Waals surface area contributed by atoms with Gasteiger partial charge >= 0.3 is 6.18 Å². The van der Waals surface area contributed by atoms with Crippen molar-refractivity contribution >= 4 is 17.5 Å². The zero-order valence-electron chi connectivity index (χ0n) is 14.2. The minimum absolute atomic E-state index is 0.00658. The molecule has 0 unspecified atom stereocenters. The molecule has 3 rings (SSSR count). The fourth-order valence-corrected chi connectivity index (χ4v) is 3.86. The van der Waals surface area contributed by atoms with Gasteiger partial charge in [0.1, 0.15) is 0 Å². The number of aliphatic hydroxyl groups is 1. The number of rotatable bonds is 4. The lowest BCUT2D eigenvalue weighted by Gasteiger charge is -2.38. The molecular formula is C18H21F3N2O3. The number of hydrogen-bond acceptors (Lipinski definition) is 4. The van der Waals surface area contributed by atoms with E-state index >= 15 is 0 Å². The van der Waals surface area contributed by atoms with E-state index in [9.17, 15) is 27.9 Å². The van der Waals surface area contributed by atoms with Crippen molar-refractivity contribution in [2.45, 2.75) is 50.4 Å². The highest BCUT2D eigenvalue weighted by Gasteiger charge is 2.45. The molecule has 26 heavy (non-hydrogen) atoms. The Morgan fingerprint density at radius 1 is 1.19 bits per heavy atom. The van der Waals surface area contributed by atoms with Gasteiger partial charge in [0.15, 0.2) is 0 Å². The van der Waals surface area contributed by atoms with Crippen LogP contribution in [0.4, 0.5) is 18.9 Å². The predicted octanol–water partition coefficient (Wildman–Crippen LogP) is 2.57. The van der Waals surface area contributed by atoms with Crippen LogP contribution in [0.5, 0.6) is 0 Å². The number of halogens is 3. The largest absolute Gasteiger partial charge is 0.416 e. The van der Waals surface area contributed by atoms with Gasteiger partial charge in [-0.1, -0.05) is 12.5 Å². The molecule has 2 saturated heterocycles. The van der Waals surface area contributed by atoms with Crippen LogP contribution in [0, 0.1) is 0 Å². The first kappa shape index (κ1) is 18.8.